The van der Waals surface area contributed by atoms with Crippen LogP contribution in [0.2, 0.25) is 0 Å². The maximum Gasteiger partial charge on any atom is 0.269 e. The number of para-hydroxylation sites is 1. The quantitative estimate of drug-likeness (QED) is 0.800. The first-order chi connectivity index (χ1) is 10.1. The van der Waals surface area contributed by atoms with Gasteiger partial charge in [0.1, 0.15) is 5.75 Å². The lowest BCUT2D eigenvalue weighted by Crippen LogP contribution is -2.29. The van der Waals surface area contributed by atoms with E-state index < -0.39 is 12.4 Å². The highest BCUT2D eigenvalue weighted by Gasteiger charge is 2.34. The maximum atomic E-state index is 12.0. The number of carbonyl (C=O) groups is 1. The number of hydrogen-bond acceptors (Lipinski definition) is 6. The van der Waals surface area contributed by atoms with Crippen molar-refractivity contribution in [3.05, 3.63) is 53.5 Å². The molecule has 2 N–H and O–H groups in total. The molecule has 2 aliphatic rings. The van der Waals surface area contributed by atoms with Crippen molar-refractivity contribution in [3.8, 4) is 5.75 Å². The Morgan fingerprint density at radius 3 is 2.90 bits per heavy atom. The van der Waals surface area contributed by atoms with E-state index in [1.54, 1.807) is 0 Å². The van der Waals surface area contributed by atoms with E-state index in [1.807, 2.05) is 24.3 Å². The summed E-state index contributed by atoms with van der Waals surface area (Å²) in [5, 5.41) is 17.2. The summed E-state index contributed by atoms with van der Waals surface area (Å²) < 4.78 is 15.6. The summed E-state index contributed by atoms with van der Waals surface area (Å²) in [6, 6.07) is 7.50. The van der Waals surface area contributed by atoms with Gasteiger partial charge in [-0.25, -0.2) is 0 Å². The summed E-state index contributed by atoms with van der Waals surface area (Å²) in [4.78, 5) is 12.0. The van der Waals surface area contributed by atoms with Crippen LogP contribution < -0.4 is 4.74 Å². The van der Waals surface area contributed by atoms with Crippen LogP contribution in [0.3, 0.4) is 0 Å². The van der Waals surface area contributed by atoms with E-state index in [-0.39, 0.29) is 12.6 Å². The van der Waals surface area contributed by atoms with Gasteiger partial charge in [-0.15, -0.1) is 0 Å². The molecule has 1 aliphatic heterocycles. The molecule has 1 unspecified atom stereocenters. The number of aliphatic hydroxyl groups excluding tert-OH is 1. The molecule has 0 bridgehead atoms. The van der Waals surface area contributed by atoms with Gasteiger partial charge in [0.15, 0.2) is 24.1 Å². The van der Waals surface area contributed by atoms with E-state index in [1.165, 1.54) is 12.2 Å². The van der Waals surface area contributed by atoms with Crippen molar-refractivity contribution in [1.82, 2.24) is 0 Å². The van der Waals surface area contributed by atoms with E-state index in [2.05, 4.69) is 4.74 Å². The van der Waals surface area contributed by atoms with Gasteiger partial charge < -0.3 is 19.7 Å². The topological polar surface area (TPSA) is 85.2 Å². The average molecular weight is 290 g/mol. The molecule has 110 valence electrons. The molecule has 1 heterocycles. The number of fused-ring (bicyclic) bond motifs is 2. The molecule has 6 nitrogen and oxygen atoms in total. The second kappa shape index (κ2) is 5.69. The van der Waals surface area contributed by atoms with Gasteiger partial charge >= 0.3 is 0 Å². The fraction of sp³-hybridized carbons (Fsp3) is 0.267. The van der Waals surface area contributed by atoms with Gasteiger partial charge in [0.05, 0.1) is 5.92 Å². The maximum absolute atomic E-state index is 12.0. The zero-order chi connectivity index (χ0) is 14.8. The number of ketones is 1. The van der Waals surface area contributed by atoms with E-state index in [4.69, 9.17) is 19.7 Å². The molecule has 0 fully saturated rings. The fourth-order valence-electron chi connectivity index (χ4n) is 2.36. The molecule has 6 heteroatoms. The van der Waals surface area contributed by atoms with Gasteiger partial charge in [-0.2, -0.15) is 0 Å². The highest BCUT2D eigenvalue weighted by Crippen LogP contribution is 2.37. The van der Waals surface area contributed by atoms with Gasteiger partial charge in [-0.05, 0) is 30.2 Å². The molecule has 1 aromatic carbocycles. The molecular formula is C15H14O6. The van der Waals surface area contributed by atoms with Gasteiger partial charge in [0, 0.05) is 0 Å². The van der Waals surface area contributed by atoms with Crippen LogP contribution in [0.1, 0.15) is 5.56 Å². The number of rotatable bonds is 4. The molecule has 0 amide bonds. The Hall–Kier alpha value is -2.15. The standard InChI is InChI=1S/C15H14O6/c16-11-5-6-13(19-8-20-15(17)18)14-10(11)7-9-3-1-2-4-12(9)21-14/h1-6,10,15,17-18H,7-8H2. The van der Waals surface area contributed by atoms with Crippen molar-refractivity contribution < 1.29 is 29.2 Å². The predicted octanol–water partition coefficient (Wildman–Crippen LogP) is 0.847. The van der Waals surface area contributed by atoms with Crippen molar-refractivity contribution in [1.29, 1.82) is 0 Å². The Kier molecular flexibility index (Phi) is 3.74. The van der Waals surface area contributed by atoms with Crippen LogP contribution in [0, 0.1) is 5.92 Å². The zero-order valence-electron chi connectivity index (χ0n) is 11.1. The molecule has 1 aliphatic carbocycles. The highest BCUT2D eigenvalue weighted by molar-refractivity contribution is 5.96. The van der Waals surface area contributed by atoms with Crippen LogP contribution in [-0.2, 0) is 20.7 Å². The number of benzene rings is 1. The fourth-order valence-corrected chi connectivity index (χ4v) is 2.36. The molecule has 0 radical (unpaired) electrons. The number of allylic oxidation sites excluding steroid dienone is 3. The molecule has 0 spiro atoms. The van der Waals surface area contributed by atoms with Crippen molar-refractivity contribution in [2.75, 3.05) is 6.79 Å². The number of ether oxygens (including phenoxy) is 3. The molecule has 1 atom stereocenters. The molecular weight excluding hydrogens is 276 g/mol. The number of aliphatic hydroxyl groups is 2. The van der Waals surface area contributed by atoms with Crippen LogP contribution in [0.4, 0.5) is 0 Å². The van der Waals surface area contributed by atoms with Crippen LogP contribution in [0.15, 0.2) is 47.9 Å². The third kappa shape index (κ3) is 2.82. The third-order valence-corrected chi connectivity index (χ3v) is 3.35. The molecule has 0 saturated carbocycles. The highest BCUT2D eigenvalue weighted by atomic mass is 16.8. The van der Waals surface area contributed by atoms with Crippen molar-refractivity contribution >= 4 is 5.78 Å². The third-order valence-electron chi connectivity index (χ3n) is 3.35. The minimum Gasteiger partial charge on any atom is -0.464 e. The van der Waals surface area contributed by atoms with Crippen molar-refractivity contribution in [2.45, 2.75) is 12.9 Å². The minimum absolute atomic E-state index is 0.0463. The largest absolute Gasteiger partial charge is 0.464 e. The summed E-state index contributed by atoms with van der Waals surface area (Å²) in [6.45, 7) is -2.26. The molecule has 21 heavy (non-hydrogen) atoms. The molecule has 0 aromatic heterocycles. The smallest absolute Gasteiger partial charge is 0.269 e. The van der Waals surface area contributed by atoms with Gasteiger partial charge in [-0.1, -0.05) is 18.2 Å². The first-order valence-corrected chi connectivity index (χ1v) is 6.47. The number of hydrogen-bond donors (Lipinski definition) is 2. The first-order valence-electron chi connectivity index (χ1n) is 6.47. The lowest BCUT2D eigenvalue weighted by Gasteiger charge is -2.29. The Morgan fingerprint density at radius 2 is 2.10 bits per heavy atom. The zero-order valence-corrected chi connectivity index (χ0v) is 11.1. The Bertz CT molecular complexity index is 616. The van der Waals surface area contributed by atoms with Crippen molar-refractivity contribution in [3.63, 3.8) is 0 Å². The Balaban J connectivity index is 1.85. The Labute approximate surface area is 120 Å². The van der Waals surface area contributed by atoms with Crippen LogP contribution >= 0.6 is 0 Å². The monoisotopic (exact) mass is 290 g/mol. The normalized spacial score (nSPS) is 20.1. The van der Waals surface area contributed by atoms with Gasteiger partial charge in [0.2, 0.25) is 0 Å². The van der Waals surface area contributed by atoms with E-state index in [0.717, 1.165) is 5.56 Å². The minimum atomic E-state index is -1.91. The van der Waals surface area contributed by atoms with E-state index in [9.17, 15) is 4.79 Å². The van der Waals surface area contributed by atoms with Crippen molar-refractivity contribution in [2.24, 2.45) is 5.92 Å². The Morgan fingerprint density at radius 1 is 1.29 bits per heavy atom. The van der Waals surface area contributed by atoms with Crippen LogP contribution in [0.25, 0.3) is 0 Å². The van der Waals surface area contributed by atoms with Gasteiger partial charge in [0.25, 0.3) is 6.48 Å². The second-order valence-corrected chi connectivity index (χ2v) is 4.69. The lowest BCUT2D eigenvalue weighted by atomic mass is 9.87. The predicted molar refractivity (Wildman–Crippen MR) is 70.7 cm³/mol. The summed E-state index contributed by atoms with van der Waals surface area (Å²) in [6.07, 6.45) is 3.47. The van der Waals surface area contributed by atoms with Crippen LogP contribution in [0.5, 0.6) is 5.75 Å². The first kappa shape index (κ1) is 13.8. The summed E-state index contributed by atoms with van der Waals surface area (Å²) >= 11 is 0. The summed E-state index contributed by atoms with van der Waals surface area (Å²) in [5.41, 5.74) is 0.969. The number of carbonyl (C=O) groups excluding carboxylic acids is 1. The molecule has 1 aromatic rings. The molecule has 0 saturated heterocycles. The lowest BCUT2D eigenvalue weighted by molar-refractivity contribution is -0.263. The summed E-state index contributed by atoms with van der Waals surface area (Å²) in [5.74, 6) is 1.01. The van der Waals surface area contributed by atoms with E-state index in [0.29, 0.717) is 23.7 Å². The van der Waals surface area contributed by atoms with Gasteiger partial charge in [-0.3, -0.25) is 9.53 Å². The SMILES string of the molecule is O=C1C=CC(OCOC(O)O)=C2Oc3ccccc3CC12. The average Bonchev–Trinajstić information content (AvgIpc) is 2.48. The van der Waals surface area contributed by atoms with E-state index >= 15 is 0 Å². The molecule has 3 rings (SSSR count). The summed E-state index contributed by atoms with van der Waals surface area (Å²) in [7, 11) is 0. The van der Waals surface area contributed by atoms with Crippen LogP contribution in [-0.4, -0.2) is 29.3 Å². The second-order valence-electron chi connectivity index (χ2n) is 4.69.